The number of ether oxygens (including phenoxy) is 5. The fourth-order valence-corrected chi connectivity index (χ4v) is 4.61. The summed E-state index contributed by atoms with van der Waals surface area (Å²) in [5, 5.41) is 59.4. The summed E-state index contributed by atoms with van der Waals surface area (Å²) < 4.78 is 28.5. The van der Waals surface area contributed by atoms with E-state index in [0.717, 1.165) is 11.1 Å². The van der Waals surface area contributed by atoms with Crippen LogP contribution < -0.4 is 14.2 Å². The summed E-state index contributed by atoms with van der Waals surface area (Å²) in [5.74, 6) is 0.673. The molecule has 2 aromatic carbocycles. The average Bonchev–Trinajstić information content (AvgIpc) is 3.28. The first-order valence-electron chi connectivity index (χ1n) is 11.8. The molecular formula is C26H32O11. The molecule has 7 atom stereocenters. The molecule has 2 aromatic rings. The maximum atomic E-state index is 10.4. The van der Waals surface area contributed by atoms with Crippen molar-refractivity contribution in [3.63, 3.8) is 0 Å². The summed E-state index contributed by atoms with van der Waals surface area (Å²) in [6.07, 6.45) is -4.38. The van der Waals surface area contributed by atoms with Crippen LogP contribution in [0.25, 0.3) is 6.08 Å². The summed E-state index contributed by atoms with van der Waals surface area (Å²) in [7, 11) is 2.94. The van der Waals surface area contributed by atoms with Crippen molar-refractivity contribution in [1.82, 2.24) is 0 Å². The summed E-state index contributed by atoms with van der Waals surface area (Å²) in [4.78, 5) is 0. The number of rotatable bonds is 9. The Balaban J connectivity index is 1.70. The summed E-state index contributed by atoms with van der Waals surface area (Å²) in [5.41, 5.74) is 2.14. The predicted octanol–water partition coefficient (Wildman–Crippen LogP) is 0.449. The monoisotopic (exact) mass is 520 g/mol. The van der Waals surface area contributed by atoms with E-state index in [-0.39, 0.29) is 24.7 Å². The Labute approximate surface area is 213 Å². The van der Waals surface area contributed by atoms with Crippen LogP contribution in [0, 0.1) is 0 Å². The Morgan fingerprint density at radius 3 is 2.38 bits per heavy atom. The molecule has 11 nitrogen and oxygen atoms in total. The number of methoxy groups -OCH3 is 2. The number of phenolic OH excluding ortho intramolecular Hbond substituents is 1. The van der Waals surface area contributed by atoms with Crippen LogP contribution >= 0.6 is 0 Å². The molecule has 0 spiro atoms. The molecule has 4 rings (SSSR count). The number of fused-ring (bicyclic) bond motifs is 1. The second-order valence-electron chi connectivity index (χ2n) is 8.83. The van der Waals surface area contributed by atoms with Crippen LogP contribution in [0.4, 0.5) is 0 Å². The second kappa shape index (κ2) is 11.7. The quantitative estimate of drug-likeness (QED) is 0.272. The van der Waals surface area contributed by atoms with E-state index < -0.39 is 49.3 Å². The zero-order chi connectivity index (χ0) is 26.7. The van der Waals surface area contributed by atoms with E-state index in [0.29, 0.717) is 17.1 Å². The molecule has 0 amide bonds. The first-order chi connectivity index (χ1) is 17.8. The van der Waals surface area contributed by atoms with Crippen molar-refractivity contribution in [2.75, 3.05) is 34.0 Å². The zero-order valence-electron chi connectivity index (χ0n) is 20.4. The molecule has 37 heavy (non-hydrogen) atoms. The molecule has 1 fully saturated rings. The Bertz CT molecular complexity index is 1100. The number of hydrogen-bond acceptors (Lipinski definition) is 11. The van der Waals surface area contributed by atoms with Crippen molar-refractivity contribution < 1.29 is 54.3 Å². The number of phenols is 1. The third kappa shape index (κ3) is 5.39. The summed E-state index contributed by atoms with van der Waals surface area (Å²) >= 11 is 0. The number of benzene rings is 2. The van der Waals surface area contributed by atoms with Crippen LogP contribution in [0.3, 0.4) is 0 Å². The minimum atomic E-state index is -1.57. The Morgan fingerprint density at radius 1 is 0.946 bits per heavy atom. The van der Waals surface area contributed by atoms with Gasteiger partial charge in [0.1, 0.15) is 30.5 Å². The predicted molar refractivity (Wildman–Crippen MR) is 130 cm³/mol. The van der Waals surface area contributed by atoms with Gasteiger partial charge in [-0.2, -0.15) is 0 Å². The SMILES string of the molecule is COc1cc([C@@H]2Oc3c(OC)cc(C=CCO)cc3[C@H]2CO[C@H]2O[C@@H](CO)[C@H](O)[C@@H](O)[C@H]2O)ccc1O. The molecule has 11 heteroatoms. The lowest BCUT2D eigenvalue weighted by Gasteiger charge is -2.40. The van der Waals surface area contributed by atoms with E-state index in [1.165, 1.54) is 20.3 Å². The van der Waals surface area contributed by atoms with Gasteiger partial charge in [-0.25, -0.2) is 0 Å². The zero-order valence-corrected chi connectivity index (χ0v) is 20.4. The van der Waals surface area contributed by atoms with E-state index in [2.05, 4.69) is 0 Å². The highest BCUT2D eigenvalue weighted by atomic mass is 16.7. The standard InChI is InChI=1S/C26H32O11/c1-33-18-10-14(5-6-17(18)29)24-16(12-35-26-23(32)22(31)21(30)20(11-28)36-26)15-8-13(4-3-7-27)9-19(34-2)25(15)37-24/h3-6,8-10,16,20-24,26-32H,7,11-12H2,1-2H3/t16-,20+,21+,22-,23-,24+,26+/m1/s1. The van der Waals surface area contributed by atoms with E-state index in [9.17, 15) is 30.6 Å². The Morgan fingerprint density at radius 2 is 1.70 bits per heavy atom. The van der Waals surface area contributed by atoms with Gasteiger partial charge in [0, 0.05) is 5.56 Å². The third-order valence-corrected chi connectivity index (χ3v) is 6.57. The van der Waals surface area contributed by atoms with Gasteiger partial charge in [0.05, 0.1) is 40.0 Å². The lowest BCUT2D eigenvalue weighted by molar-refractivity contribution is -0.302. The molecule has 6 N–H and O–H groups in total. The highest BCUT2D eigenvalue weighted by Crippen LogP contribution is 2.52. The van der Waals surface area contributed by atoms with E-state index >= 15 is 0 Å². The van der Waals surface area contributed by atoms with Crippen LogP contribution in [0.5, 0.6) is 23.0 Å². The minimum absolute atomic E-state index is 0.0371. The van der Waals surface area contributed by atoms with E-state index in [4.69, 9.17) is 23.7 Å². The number of aliphatic hydroxyl groups excluding tert-OH is 5. The van der Waals surface area contributed by atoms with Gasteiger partial charge in [0.15, 0.2) is 29.3 Å². The van der Waals surface area contributed by atoms with Crippen LogP contribution in [0.2, 0.25) is 0 Å². The van der Waals surface area contributed by atoms with E-state index in [1.807, 2.05) is 6.07 Å². The van der Waals surface area contributed by atoms with Crippen molar-refractivity contribution >= 4 is 6.08 Å². The van der Waals surface area contributed by atoms with Gasteiger partial charge in [0.25, 0.3) is 0 Å². The van der Waals surface area contributed by atoms with Gasteiger partial charge in [-0.05, 0) is 35.4 Å². The van der Waals surface area contributed by atoms with Gasteiger partial charge in [-0.3, -0.25) is 0 Å². The molecular weight excluding hydrogens is 488 g/mol. The topological polar surface area (TPSA) is 168 Å². The van der Waals surface area contributed by atoms with Crippen LogP contribution in [-0.4, -0.2) is 95.4 Å². The maximum Gasteiger partial charge on any atom is 0.186 e. The first kappa shape index (κ1) is 27.1. The maximum absolute atomic E-state index is 10.4. The van der Waals surface area contributed by atoms with Crippen LogP contribution in [0.1, 0.15) is 28.7 Å². The van der Waals surface area contributed by atoms with Crippen molar-refractivity contribution in [3.8, 4) is 23.0 Å². The van der Waals surface area contributed by atoms with Gasteiger partial charge in [-0.1, -0.05) is 18.2 Å². The molecule has 202 valence electrons. The van der Waals surface area contributed by atoms with Crippen molar-refractivity contribution in [2.45, 2.75) is 42.7 Å². The fraction of sp³-hybridized carbons (Fsp3) is 0.462. The normalized spacial score (nSPS) is 29.2. The molecule has 0 saturated carbocycles. The lowest BCUT2D eigenvalue weighted by Crippen LogP contribution is -2.59. The van der Waals surface area contributed by atoms with Gasteiger partial charge in [0.2, 0.25) is 0 Å². The number of aromatic hydroxyl groups is 1. The highest BCUT2D eigenvalue weighted by Gasteiger charge is 2.45. The van der Waals surface area contributed by atoms with Crippen molar-refractivity contribution in [2.24, 2.45) is 0 Å². The summed E-state index contributed by atoms with van der Waals surface area (Å²) in [6, 6.07) is 8.45. The van der Waals surface area contributed by atoms with Gasteiger partial charge in [-0.15, -0.1) is 0 Å². The molecule has 0 radical (unpaired) electrons. The largest absolute Gasteiger partial charge is 0.504 e. The molecule has 2 aliphatic heterocycles. The molecule has 0 aromatic heterocycles. The van der Waals surface area contributed by atoms with E-state index in [1.54, 1.807) is 30.4 Å². The molecule has 1 saturated heterocycles. The number of hydrogen-bond donors (Lipinski definition) is 6. The Hall–Kier alpha value is -2.90. The van der Waals surface area contributed by atoms with Gasteiger partial charge >= 0.3 is 0 Å². The minimum Gasteiger partial charge on any atom is -0.504 e. The average molecular weight is 521 g/mol. The molecule has 2 aliphatic rings. The van der Waals surface area contributed by atoms with Crippen LogP contribution in [-0.2, 0) is 9.47 Å². The van der Waals surface area contributed by atoms with Crippen molar-refractivity contribution in [1.29, 1.82) is 0 Å². The highest BCUT2D eigenvalue weighted by molar-refractivity contribution is 5.62. The van der Waals surface area contributed by atoms with Crippen LogP contribution in [0.15, 0.2) is 36.4 Å². The number of aliphatic hydroxyl groups is 5. The van der Waals surface area contributed by atoms with Crippen molar-refractivity contribution in [3.05, 3.63) is 53.1 Å². The Kier molecular flexibility index (Phi) is 8.55. The molecule has 0 bridgehead atoms. The fourth-order valence-electron chi connectivity index (χ4n) is 4.61. The smallest absolute Gasteiger partial charge is 0.186 e. The lowest BCUT2D eigenvalue weighted by atomic mass is 9.90. The molecule has 2 heterocycles. The summed E-state index contributed by atoms with van der Waals surface area (Å²) in [6.45, 7) is -0.775. The first-order valence-corrected chi connectivity index (χ1v) is 11.8. The van der Waals surface area contributed by atoms with Gasteiger partial charge < -0.3 is 54.3 Å². The molecule has 0 aliphatic carbocycles. The third-order valence-electron chi connectivity index (χ3n) is 6.57. The second-order valence-corrected chi connectivity index (χ2v) is 8.83. The molecule has 0 unspecified atom stereocenters.